The van der Waals surface area contributed by atoms with E-state index in [9.17, 15) is 14.4 Å². The van der Waals surface area contributed by atoms with E-state index < -0.39 is 18.0 Å². The first-order valence-electron chi connectivity index (χ1n) is 6.35. The molecule has 0 saturated heterocycles. The molecule has 0 saturated carbocycles. The smallest absolute Gasteiger partial charge is 0.318 e. The zero-order valence-corrected chi connectivity index (χ0v) is 11.9. The molecule has 0 aliphatic rings. The molecule has 1 unspecified atom stereocenters. The van der Waals surface area contributed by atoms with Gasteiger partial charge in [-0.15, -0.1) is 0 Å². The van der Waals surface area contributed by atoms with Gasteiger partial charge in [0.1, 0.15) is 6.04 Å². The monoisotopic (exact) mass is 273 g/mol. The zero-order valence-electron chi connectivity index (χ0n) is 11.9. The molecule has 1 atom stereocenters. The topological polar surface area (TPSA) is 98.7 Å². The van der Waals surface area contributed by atoms with Gasteiger partial charge in [-0.2, -0.15) is 0 Å². The van der Waals surface area contributed by atoms with Gasteiger partial charge in [-0.05, 0) is 27.7 Å². The minimum absolute atomic E-state index is 0.00106. The number of carbonyl (C=O) groups excluding carboxylic acids is 2. The van der Waals surface area contributed by atoms with Crippen LogP contribution in [0.2, 0.25) is 0 Å². The third kappa shape index (κ3) is 7.28. The molecule has 7 heteroatoms. The molecule has 0 fully saturated rings. The van der Waals surface area contributed by atoms with Gasteiger partial charge in [0.2, 0.25) is 5.91 Å². The minimum Gasteiger partial charge on any atom is -0.481 e. The van der Waals surface area contributed by atoms with E-state index in [1.54, 1.807) is 13.8 Å². The summed E-state index contributed by atoms with van der Waals surface area (Å²) in [4.78, 5) is 35.3. The maximum atomic E-state index is 11.8. The molecule has 0 spiro atoms. The first-order chi connectivity index (χ1) is 8.77. The van der Waals surface area contributed by atoms with Crippen molar-refractivity contribution in [3.05, 3.63) is 0 Å². The molecule has 0 rings (SSSR count). The molecule has 110 valence electrons. The van der Waals surface area contributed by atoms with Gasteiger partial charge >= 0.3 is 12.0 Å². The first-order valence-corrected chi connectivity index (χ1v) is 6.35. The molecular formula is C12H23N3O4. The zero-order chi connectivity index (χ0) is 15.0. The lowest BCUT2D eigenvalue weighted by Crippen LogP contribution is -2.51. The van der Waals surface area contributed by atoms with Crippen LogP contribution in [0.5, 0.6) is 0 Å². The Morgan fingerprint density at radius 1 is 1.16 bits per heavy atom. The van der Waals surface area contributed by atoms with Crippen molar-refractivity contribution in [1.29, 1.82) is 0 Å². The second-order valence-electron chi connectivity index (χ2n) is 4.56. The van der Waals surface area contributed by atoms with Gasteiger partial charge in [-0.25, -0.2) is 4.79 Å². The average Bonchev–Trinajstić information content (AvgIpc) is 2.28. The van der Waals surface area contributed by atoms with Gasteiger partial charge in [-0.1, -0.05) is 0 Å². The molecular weight excluding hydrogens is 250 g/mol. The van der Waals surface area contributed by atoms with Gasteiger partial charge in [-0.3, -0.25) is 9.59 Å². The normalized spacial score (nSPS) is 11.8. The molecule has 0 radical (unpaired) electrons. The Morgan fingerprint density at radius 3 is 2.16 bits per heavy atom. The molecule has 3 amide bonds. The lowest BCUT2D eigenvalue weighted by atomic mass is 10.3. The number of hydrogen-bond donors (Lipinski definition) is 3. The average molecular weight is 273 g/mol. The van der Waals surface area contributed by atoms with Crippen LogP contribution in [0.3, 0.4) is 0 Å². The number of carboxylic acids is 1. The molecule has 19 heavy (non-hydrogen) atoms. The van der Waals surface area contributed by atoms with Crippen molar-refractivity contribution in [3.8, 4) is 0 Å². The van der Waals surface area contributed by atoms with E-state index in [1.165, 1.54) is 4.90 Å². The predicted octanol–water partition coefficient (Wildman–Crippen LogP) is 0.406. The van der Waals surface area contributed by atoms with Crippen LogP contribution in [0.1, 0.15) is 34.1 Å². The van der Waals surface area contributed by atoms with E-state index in [-0.39, 0.29) is 24.9 Å². The van der Waals surface area contributed by atoms with Crippen molar-refractivity contribution in [2.24, 2.45) is 0 Å². The second-order valence-corrected chi connectivity index (χ2v) is 4.56. The van der Waals surface area contributed by atoms with E-state index in [2.05, 4.69) is 10.6 Å². The van der Waals surface area contributed by atoms with Gasteiger partial charge in [0.15, 0.2) is 0 Å². The predicted molar refractivity (Wildman–Crippen MR) is 70.8 cm³/mol. The molecule has 3 N–H and O–H groups in total. The third-order valence-electron chi connectivity index (χ3n) is 2.43. The van der Waals surface area contributed by atoms with E-state index >= 15 is 0 Å². The standard InChI is InChI=1S/C12H23N3O4/c1-5-15(7-6-10(16)17)12(19)14-9(4)11(18)13-8(2)3/h8-9H,5-7H2,1-4H3,(H,13,18)(H,14,19)(H,16,17). The van der Waals surface area contributed by atoms with Crippen molar-refractivity contribution in [1.82, 2.24) is 15.5 Å². The number of urea groups is 1. The van der Waals surface area contributed by atoms with E-state index in [4.69, 9.17) is 5.11 Å². The third-order valence-corrected chi connectivity index (χ3v) is 2.43. The number of rotatable bonds is 7. The van der Waals surface area contributed by atoms with Crippen molar-refractivity contribution in [2.75, 3.05) is 13.1 Å². The highest BCUT2D eigenvalue weighted by Crippen LogP contribution is 1.95. The van der Waals surface area contributed by atoms with Gasteiger partial charge in [0, 0.05) is 19.1 Å². The molecule has 0 aromatic carbocycles. The van der Waals surface area contributed by atoms with Crippen molar-refractivity contribution < 1.29 is 19.5 Å². The lowest BCUT2D eigenvalue weighted by Gasteiger charge is -2.23. The molecule has 0 aliphatic carbocycles. The Kier molecular flexibility index (Phi) is 7.55. The van der Waals surface area contributed by atoms with Crippen molar-refractivity contribution >= 4 is 17.9 Å². The SMILES string of the molecule is CCN(CCC(=O)O)C(=O)NC(C)C(=O)NC(C)C. The summed E-state index contributed by atoms with van der Waals surface area (Å²) >= 11 is 0. The van der Waals surface area contributed by atoms with Crippen LogP contribution in [0.25, 0.3) is 0 Å². The number of hydrogen-bond acceptors (Lipinski definition) is 3. The Labute approximate surface area is 113 Å². The van der Waals surface area contributed by atoms with Crippen molar-refractivity contribution in [3.63, 3.8) is 0 Å². The summed E-state index contributed by atoms with van der Waals surface area (Å²) in [6.07, 6.45) is -0.117. The van der Waals surface area contributed by atoms with E-state index in [0.717, 1.165) is 0 Å². The van der Waals surface area contributed by atoms with Gasteiger partial charge in [0.05, 0.1) is 6.42 Å². The summed E-state index contributed by atoms with van der Waals surface area (Å²) in [6.45, 7) is 7.50. The number of nitrogens with zero attached hydrogens (tertiary/aromatic N) is 1. The molecule has 0 bridgehead atoms. The Morgan fingerprint density at radius 2 is 1.74 bits per heavy atom. The molecule has 0 heterocycles. The highest BCUT2D eigenvalue weighted by molar-refractivity contribution is 5.86. The Balaban J connectivity index is 4.31. The maximum Gasteiger partial charge on any atom is 0.318 e. The summed E-state index contributed by atoms with van der Waals surface area (Å²) < 4.78 is 0. The number of carboxylic acid groups (broad SMARTS) is 1. The lowest BCUT2D eigenvalue weighted by molar-refractivity contribution is -0.137. The van der Waals surface area contributed by atoms with Crippen LogP contribution in [-0.2, 0) is 9.59 Å². The summed E-state index contributed by atoms with van der Waals surface area (Å²) in [5, 5.41) is 13.8. The van der Waals surface area contributed by atoms with Gasteiger partial charge in [0.25, 0.3) is 0 Å². The van der Waals surface area contributed by atoms with Crippen molar-refractivity contribution in [2.45, 2.75) is 46.2 Å². The number of nitrogens with one attached hydrogen (secondary N) is 2. The largest absolute Gasteiger partial charge is 0.481 e. The Bertz CT molecular complexity index is 331. The Hall–Kier alpha value is -1.79. The molecule has 0 aromatic heterocycles. The molecule has 7 nitrogen and oxygen atoms in total. The number of aliphatic carboxylic acids is 1. The minimum atomic E-state index is -0.961. The van der Waals surface area contributed by atoms with Crippen LogP contribution in [0, 0.1) is 0 Å². The number of amides is 3. The van der Waals surface area contributed by atoms with Crippen LogP contribution in [-0.4, -0.2) is 53.1 Å². The van der Waals surface area contributed by atoms with Crippen LogP contribution < -0.4 is 10.6 Å². The fourth-order valence-corrected chi connectivity index (χ4v) is 1.39. The number of carbonyl (C=O) groups is 3. The van der Waals surface area contributed by atoms with Crippen LogP contribution in [0.15, 0.2) is 0 Å². The fourth-order valence-electron chi connectivity index (χ4n) is 1.39. The summed E-state index contributed by atoms with van der Waals surface area (Å²) in [7, 11) is 0. The molecule has 0 aliphatic heterocycles. The summed E-state index contributed by atoms with van der Waals surface area (Å²) in [5.74, 6) is -1.23. The van der Waals surface area contributed by atoms with Crippen LogP contribution in [0.4, 0.5) is 4.79 Å². The maximum absolute atomic E-state index is 11.8. The summed E-state index contributed by atoms with van der Waals surface area (Å²) in [6, 6.07) is -1.09. The first kappa shape index (κ1) is 17.2. The van der Waals surface area contributed by atoms with Crippen LogP contribution >= 0.6 is 0 Å². The second kappa shape index (κ2) is 8.34. The molecule has 0 aromatic rings. The van der Waals surface area contributed by atoms with E-state index in [1.807, 2.05) is 13.8 Å². The van der Waals surface area contributed by atoms with E-state index in [0.29, 0.717) is 6.54 Å². The summed E-state index contributed by atoms with van der Waals surface area (Å²) in [5.41, 5.74) is 0. The quantitative estimate of drug-likeness (QED) is 0.625. The highest BCUT2D eigenvalue weighted by Gasteiger charge is 2.19. The van der Waals surface area contributed by atoms with Gasteiger partial charge < -0.3 is 20.6 Å². The fraction of sp³-hybridized carbons (Fsp3) is 0.750. The highest BCUT2D eigenvalue weighted by atomic mass is 16.4.